The van der Waals surface area contributed by atoms with Gasteiger partial charge in [-0.15, -0.1) is 0 Å². The second-order valence-electron chi connectivity index (χ2n) is 5.20. The van der Waals surface area contributed by atoms with E-state index in [1.165, 1.54) is 45.2 Å². The lowest BCUT2D eigenvalue weighted by molar-refractivity contribution is 0.189. The Labute approximate surface area is 105 Å². The summed E-state index contributed by atoms with van der Waals surface area (Å²) in [6.07, 6.45) is 9.37. The normalized spacial score (nSPS) is 36.8. The first-order valence-corrected chi connectivity index (χ1v) is 8.12. The van der Waals surface area contributed by atoms with Crippen LogP contribution in [0.4, 0.5) is 0 Å². The maximum atomic E-state index is 3.59. The summed E-state index contributed by atoms with van der Waals surface area (Å²) in [4.78, 5) is 2.74. The fraction of sp³-hybridized carbons (Fsp3) is 1.00. The third-order valence-corrected chi connectivity index (χ3v) is 5.34. The fourth-order valence-electron chi connectivity index (χ4n) is 3.22. The average molecular weight is 242 g/mol. The Balaban J connectivity index is 1.73. The molecule has 2 rings (SSSR count). The van der Waals surface area contributed by atoms with Crippen LogP contribution in [0.15, 0.2) is 0 Å². The predicted octanol–water partition coefficient (Wildman–Crippen LogP) is 2.34. The summed E-state index contributed by atoms with van der Waals surface area (Å²) in [6, 6.07) is 1.66. The monoisotopic (exact) mass is 242 g/mol. The molecule has 2 nitrogen and oxygen atoms in total. The molecule has 0 radical (unpaired) electrons. The van der Waals surface area contributed by atoms with Gasteiger partial charge in [0, 0.05) is 30.4 Å². The summed E-state index contributed by atoms with van der Waals surface area (Å²) in [7, 11) is 0. The third-order valence-electron chi connectivity index (χ3n) is 4.21. The Bertz CT molecular complexity index is 202. The van der Waals surface area contributed by atoms with Crippen molar-refractivity contribution < 1.29 is 0 Å². The maximum Gasteiger partial charge on any atom is 0.0207 e. The molecule has 0 aromatic carbocycles. The first-order chi connectivity index (χ1) is 7.83. The molecule has 1 aliphatic carbocycles. The molecular weight excluding hydrogens is 216 g/mol. The number of hydrogen-bond acceptors (Lipinski definition) is 3. The van der Waals surface area contributed by atoms with Gasteiger partial charge in [-0.25, -0.2) is 0 Å². The van der Waals surface area contributed by atoms with E-state index in [4.69, 9.17) is 0 Å². The van der Waals surface area contributed by atoms with Crippen molar-refractivity contribution in [2.24, 2.45) is 0 Å². The van der Waals surface area contributed by atoms with E-state index in [2.05, 4.69) is 35.2 Å². The lowest BCUT2D eigenvalue weighted by Crippen LogP contribution is -2.39. The molecule has 1 N–H and O–H groups in total. The second kappa shape index (κ2) is 6.27. The van der Waals surface area contributed by atoms with Gasteiger partial charge in [-0.3, -0.25) is 4.90 Å². The lowest BCUT2D eigenvalue weighted by atomic mass is 9.94. The summed E-state index contributed by atoms with van der Waals surface area (Å²) in [6.45, 7) is 5.96. The predicted molar refractivity (Wildman–Crippen MR) is 73.2 cm³/mol. The Morgan fingerprint density at radius 3 is 2.56 bits per heavy atom. The lowest BCUT2D eigenvalue weighted by Gasteiger charge is -2.34. The van der Waals surface area contributed by atoms with Crippen LogP contribution in [0.2, 0.25) is 0 Å². The van der Waals surface area contributed by atoms with E-state index in [0.717, 1.165) is 23.9 Å². The highest BCUT2D eigenvalue weighted by molar-refractivity contribution is 7.99. The molecule has 16 heavy (non-hydrogen) atoms. The minimum Gasteiger partial charge on any atom is -0.313 e. The van der Waals surface area contributed by atoms with Gasteiger partial charge in [0.1, 0.15) is 0 Å². The highest BCUT2D eigenvalue weighted by Gasteiger charge is 2.30. The summed E-state index contributed by atoms with van der Waals surface area (Å²) in [5.74, 6) is 0. The van der Waals surface area contributed by atoms with Crippen molar-refractivity contribution in [2.75, 3.05) is 25.9 Å². The van der Waals surface area contributed by atoms with Crippen molar-refractivity contribution in [3.63, 3.8) is 0 Å². The van der Waals surface area contributed by atoms with Crippen LogP contribution in [0, 0.1) is 0 Å². The molecule has 0 aromatic heterocycles. The smallest absolute Gasteiger partial charge is 0.0207 e. The van der Waals surface area contributed by atoms with Crippen molar-refractivity contribution in [3.05, 3.63) is 0 Å². The molecule has 0 amide bonds. The summed E-state index contributed by atoms with van der Waals surface area (Å²) in [5, 5.41) is 4.54. The Kier molecular flexibility index (Phi) is 4.98. The number of nitrogens with zero attached hydrogens (tertiary/aromatic N) is 1. The minimum atomic E-state index is 0.767. The molecule has 2 fully saturated rings. The minimum absolute atomic E-state index is 0.767. The van der Waals surface area contributed by atoms with Crippen LogP contribution in [0.5, 0.6) is 0 Å². The zero-order valence-electron chi connectivity index (χ0n) is 10.7. The molecule has 0 aromatic rings. The van der Waals surface area contributed by atoms with Gasteiger partial charge in [0.25, 0.3) is 0 Å². The fourth-order valence-corrected chi connectivity index (χ4v) is 3.96. The molecule has 1 atom stereocenters. The molecule has 0 bridgehead atoms. The van der Waals surface area contributed by atoms with Crippen molar-refractivity contribution in [1.29, 1.82) is 0 Å². The first-order valence-electron chi connectivity index (χ1n) is 6.83. The third kappa shape index (κ3) is 3.14. The largest absolute Gasteiger partial charge is 0.313 e. The van der Waals surface area contributed by atoms with Gasteiger partial charge in [0.15, 0.2) is 0 Å². The van der Waals surface area contributed by atoms with Crippen molar-refractivity contribution in [1.82, 2.24) is 10.2 Å². The van der Waals surface area contributed by atoms with Gasteiger partial charge in [0.05, 0.1) is 0 Å². The molecule has 1 heterocycles. The van der Waals surface area contributed by atoms with E-state index < -0.39 is 0 Å². The number of likely N-dealkylation sites (tertiary alicyclic amines) is 1. The van der Waals surface area contributed by atoms with Gasteiger partial charge in [-0.05, 0) is 44.9 Å². The number of nitrogens with one attached hydrogen (secondary N) is 1. The van der Waals surface area contributed by atoms with Gasteiger partial charge in [-0.1, -0.05) is 6.92 Å². The number of rotatable bonds is 4. The Morgan fingerprint density at radius 2 is 1.94 bits per heavy atom. The van der Waals surface area contributed by atoms with Crippen LogP contribution < -0.4 is 5.32 Å². The molecule has 3 heteroatoms. The summed E-state index contributed by atoms with van der Waals surface area (Å²) < 4.78 is 0. The van der Waals surface area contributed by atoms with E-state index in [9.17, 15) is 0 Å². The highest BCUT2D eigenvalue weighted by Crippen LogP contribution is 2.31. The van der Waals surface area contributed by atoms with Crippen LogP contribution in [0.25, 0.3) is 0 Å². The van der Waals surface area contributed by atoms with E-state index >= 15 is 0 Å². The number of likely N-dealkylation sites (N-methyl/N-ethyl adjacent to an activating group) is 1. The topological polar surface area (TPSA) is 15.3 Å². The standard InChI is InChI=1S/C13H26N2S/c1-3-14-11-8-9-15(10-11)12-4-6-13(16-2)7-5-12/h11-14H,3-10H2,1-2H3. The molecule has 1 saturated heterocycles. The summed E-state index contributed by atoms with van der Waals surface area (Å²) >= 11 is 2.07. The number of hydrogen-bond donors (Lipinski definition) is 1. The van der Waals surface area contributed by atoms with Crippen molar-refractivity contribution >= 4 is 11.8 Å². The van der Waals surface area contributed by atoms with Crippen LogP contribution in [0.1, 0.15) is 39.0 Å². The number of thioether (sulfide) groups is 1. The molecule has 1 saturated carbocycles. The molecule has 1 unspecified atom stereocenters. The van der Waals surface area contributed by atoms with Gasteiger partial charge in [-0.2, -0.15) is 11.8 Å². The molecule has 94 valence electrons. The first kappa shape index (κ1) is 12.7. The molecular formula is C13H26N2S. The highest BCUT2D eigenvalue weighted by atomic mass is 32.2. The van der Waals surface area contributed by atoms with Crippen LogP contribution >= 0.6 is 11.8 Å². The second-order valence-corrected chi connectivity index (χ2v) is 6.34. The Hall–Kier alpha value is 0.270. The van der Waals surface area contributed by atoms with Crippen LogP contribution in [0.3, 0.4) is 0 Å². The van der Waals surface area contributed by atoms with Gasteiger partial charge in [0.2, 0.25) is 0 Å². The molecule has 0 spiro atoms. The SMILES string of the molecule is CCNC1CCN(C2CCC(SC)CC2)C1. The quantitative estimate of drug-likeness (QED) is 0.814. The van der Waals surface area contributed by atoms with E-state index in [1.54, 1.807) is 0 Å². The van der Waals surface area contributed by atoms with E-state index in [-0.39, 0.29) is 0 Å². The average Bonchev–Trinajstić information content (AvgIpc) is 2.78. The van der Waals surface area contributed by atoms with E-state index in [0.29, 0.717) is 0 Å². The van der Waals surface area contributed by atoms with Crippen molar-refractivity contribution in [3.8, 4) is 0 Å². The van der Waals surface area contributed by atoms with E-state index in [1.807, 2.05) is 0 Å². The zero-order valence-corrected chi connectivity index (χ0v) is 11.6. The zero-order chi connectivity index (χ0) is 11.4. The van der Waals surface area contributed by atoms with Gasteiger partial charge >= 0.3 is 0 Å². The molecule has 2 aliphatic rings. The van der Waals surface area contributed by atoms with Crippen LogP contribution in [-0.4, -0.2) is 48.1 Å². The summed E-state index contributed by atoms with van der Waals surface area (Å²) in [5.41, 5.74) is 0. The maximum absolute atomic E-state index is 3.59. The molecule has 1 aliphatic heterocycles. The van der Waals surface area contributed by atoms with Gasteiger partial charge < -0.3 is 5.32 Å². The van der Waals surface area contributed by atoms with Crippen LogP contribution in [-0.2, 0) is 0 Å². The Morgan fingerprint density at radius 1 is 1.19 bits per heavy atom. The van der Waals surface area contributed by atoms with Crippen molar-refractivity contribution in [2.45, 2.75) is 56.4 Å².